The molecule has 0 aromatic carbocycles. The van der Waals surface area contributed by atoms with Gasteiger partial charge in [-0.3, -0.25) is 0 Å². The Hall–Kier alpha value is -1.60. The quantitative estimate of drug-likeness (QED) is 0.430. The summed E-state index contributed by atoms with van der Waals surface area (Å²) < 4.78 is 0. The molecule has 0 spiro atoms. The fourth-order valence-corrected chi connectivity index (χ4v) is 0.941. The standard InChI is InChI=1S/C6H14N4O4/c1-3-7(9(11)12)5-6-8(4-2)10(13)14/h3-6H2,1-2H3. The number of nitro groups is 2. The van der Waals surface area contributed by atoms with Crippen LogP contribution in [0, 0.1) is 20.2 Å². The van der Waals surface area contributed by atoms with Crippen LogP contribution in [0.1, 0.15) is 13.8 Å². The predicted octanol–water partition coefficient (Wildman–Crippen LogP) is 0.0136. The number of likely N-dealkylation sites (N-methyl/N-ethyl adjacent to an activating group) is 2. The van der Waals surface area contributed by atoms with Gasteiger partial charge in [0.15, 0.2) is 10.1 Å². The number of hydrogen-bond donors (Lipinski definition) is 0. The van der Waals surface area contributed by atoms with Crippen molar-refractivity contribution in [3.63, 3.8) is 0 Å². The Morgan fingerprint density at radius 2 is 1.21 bits per heavy atom. The van der Waals surface area contributed by atoms with Gasteiger partial charge >= 0.3 is 0 Å². The molecule has 0 radical (unpaired) electrons. The molecule has 8 heteroatoms. The summed E-state index contributed by atoms with van der Waals surface area (Å²) in [6.07, 6.45) is 0. The minimum Gasteiger partial charge on any atom is -0.235 e. The Bertz CT molecular complexity index is 188. The van der Waals surface area contributed by atoms with Gasteiger partial charge in [0.2, 0.25) is 0 Å². The highest BCUT2D eigenvalue weighted by Gasteiger charge is 2.17. The van der Waals surface area contributed by atoms with Crippen LogP contribution in [0.25, 0.3) is 0 Å². The Labute approximate surface area is 81.3 Å². The van der Waals surface area contributed by atoms with Crippen molar-refractivity contribution in [3.05, 3.63) is 20.2 Å². The minimum atomic E-state index is -0.548. The average Bonchev–Trinajstić information content (AvgIpc) is 2.11. The van der Waals surface area contributed by atoms with Crippen molar-refractivity contribution in [2.24, 2.45) is 0 Å². The van der Waals surface area contributed by atoms with Crippen molar-refractivity contribution in [1.82, 2.24) is 10.0 Å². The Kier molecular flexibility index (Phi) is 5.27. The van der Waals surface area contributed by atoms with E-state index in [0.29, 0.717) is 0 Å². The summed E-state index contributed by atoms with van der Waals surface area (Å²) in [6, 6.07) is 0. The van der Waals surface area contributed by atoms with E-state index in [9.17, 15) is 20.2 Å². The van der Waals surface area contributed by atoms with Crippen LogP contribution in [0.5, 0.6) is 0 Å². The zero-order chi connectivity index (χ0) is 11.1. The molecule has 0 saturated heterocycles. The lowest BCUT2D eigenvalue weighted by Crippen LogP contribution is -2.40. The normalized spacial score (nSPS) is 9.57. The molecule has 0 N–H and O–H groups in total. The van der Waals surface area contributed by atoms with E-state index in [2.05, 4.69) is 0 Å². The minimum absolute atomic E-state index is 0.0539. The monoisotopic (exact) mass is 206 g/mol. The molecule has 0 aromatic rings. The van der Waals surface area contributed by atoms with E-state index >= 15 is 0 Å². The fourth-order valence-electron chi connectivity index (χ4n) is 0.941. The third-order valence-electron chi connectivity index (χ3n) is 1.81. The number of rotatable bonds is 7. The van der Waals surface area contributed by atoms with E-state index < -0.39 is 10.1 Å². The van der Waals surface area contributed by atoms with E-state index in [-0.39, 0.29) is 26.2 Å². The highest BCUT2D eigenvalue weighted by molar-refractivity contribution is 4.46. The smallest absolute Gasteiger partial charge is 0.160 e. The lowest BCUT2D eigenvalue weighted by Gasteiger charge is -2.15. The number of hydrazine groups is 2. The zero-order valence-corrected chi connectivity index (χ0v) is 8.25. The van der Waals surface area contributed by atoms with Gasteiger partial charge in [-0.1, -0.05) is 0 Å². The molecule has 0 aliphatic rings. The number of hydrogen-bond acceptors (Lipinski definition) is 4. The second-order valence-corrected chi connectivity index (χ2v) is 2.57. The van der Waals surface area contributed by atoms with Crippen molar-refractivity contribution >= 4 is 0 Å². The van der Waals surface area contributed by atoms with Gasteiger partial charge < -0.3 is 0 Å². The van der Waals surface area contributed by atoms with Crippen LogP contribution >= 0.6 is 0 Å². The molecule has 0 rings (SSSR count). The third kappa shape index (κ3) is 3.87. The van der Waals surface area contributed by atoms with E-state index in [1.54, 1.807) is 13.8 Å². The van der Waals surface area contributed by atoms with E-state index in [0.717, 1.165) is 10.0 Å². The van der Waals surface area contributed by atoms with Gasteiger partial charge in [-0.25, -0.2) is 20.2 Å². The molecule has 14 heavy (non-hydrogen) atoms. The number of nitrogens with zero attached hydrogens (tertiary/aromatic N) is 4. The van der Waals surface area contributed by atoms with Crippen LogP contribution in [0.4, 0.5) is 0 Å². The highest BCUT2D eigenvalue weighted by Crippen LogP contribution is 1.92. The van der Waals surface area contributed by atoms with Gasteiger partial charge in [-0.15, -0.1) is 10.0 Å². The van der Waals surface area contributed by atoms with E-state index in [1.165, 1.54) is 0 Å². The molecule has 82 valence electrons. The van der Waals surface area contributed by atoms with Gasteiger partial charge in [0.05, 0.1) is 13.1 Å². The van der Waals surface area contributed by atoms with Crippen molar-refractivity contribution in [2.75, 3.05) is 26.2 Å². The predicted molar refractivity (Wildman–Crippen MR) is 48.5 cm³/mol. The summed E-state index contributed by atoms with van der Waals surface area (Å²) in [4.78, 5) is 20.7. The molecule has 0 fully saturated rings. The summed E-state index contributed by atoms with van der Waals surface area (Å²) in [5.41, 5.74) is 0. The maximum Gasteiger partial charge on any atom is 0.160 e. The van der Waals surface area contributed by atoms with Gasteiger partial charge in [0.1, 0.15) is 13.1 Å². The maximum atomic E-state index is 10.3. The van der Waals surface area contributed by atoms with Crippen molar-refractivity contribution in [3.8, 4) is 0 Å². The fraction of sp³-hybridized carbons (Fsp3) is 1.00. The topological polar surface area (TPSA) is 92.8 Å². The summed E-state index contributed by atoms with van der Waals surface area (Å²) >= 11 is 0. The molecular formula is C6H14N4O4. The van der Waals surface area contributed by atoms with Gasteiger partial charge in [-0.05, 0) is 13.8 Å². The molecule has 0 amide bonds. The first kappa shape index (κ1) is 12.4. The van der Waals surface area contributed by atoms with Crippen molar-refractivity contribution < 1.29 is 10.1 Å². The Balaban J connectivity index is 4.00. The largest absolute Gasteiger partial charge is 0.235 e. The van der Waals surface area contributed by atoms with Crippen molar-refractivity contribution in [2.45, 2.75) is 13.8 Å². The van der Waals surface area contributed by atoms with Crippen LogP contribution in [0.2, 0.25) is 0 Å². The van der Waals surface area contributed by atoms with Crippen LogP contribution in [0.3, 0.4) is 0 Å². The van der Waals surface area contributed by atoms with Crippen LogP contribution < -0.4 is 0 Å². The molecule has 0 saturated carbocycles. The maximum absolute atomic E-state index is 10.3. The molecule has 0 unspecified atom stereocenters. The summed E-state index contributed by atoms with van der Waals surface area (Å²) in [6.45, 7) is 3.84. The summed E-state index contributed by atoms with van der Waals surface area (Å²) in [7, 11) is 0. The Morgan fingerprint density at radius 3 is 1.36 bits per heavy atom. The summed E-state index contributed by atoms with van der Waals surface area (Å²) in [5, 5.41) is 21.5. The second kappa shape index (κ2) is 5.95. The molecule has 0 heterocycles. The highest BCUT2D eigenvalue weighted by atomic mass is 16.7. The lowest BCUT2D eigenvalue weighted by molar-refractivity contribution is -0.672. The zero-order valence-electron chi connectivity index (χ0n) is 8.25. The first-order valence-corrected chi connectivity index (χ1v) is 4.31. The second-order valence-electron chi connectivity index (χ2n) is 2.57. The van der Waals surface area contributed by atoms with E-state index in [1.807, 2.05) is 0 Å². The molecule has 0 aliphatic heterocycles. The van der Waals surface area contributed by atoms with Gasteiger partial charge in [0, 0.05) is 0 Å². The van der Waals surface area contributed by atoms with Crippen molar-refractivity contribution in [1.29, 1.82) is 0 Å². The van der Waals surface area contributed by atoms with Gasteiger partial charge in [0.25, 0.3) is 0 Å². The summed E-state index contributed by atoms with van der Waals surface area (Å²) in [5.74, 6) is 0. The average molecular weight is 206 g/mol. The van der Waals surface area contributed by atoms with Crippen LogP contribution in [-0.2, 0) is 0 Å². The molecule has 0 atom stereocenters. The van der Waals surface area contributed by atoms with Gasteiger partial charge in [-0.2, -0.15) is 0 Å². The first-order chi connectivity index (χ1) is 6.52. The van der Waals surface area contributed by atoms with Crippen LogP contribution in [-0.4, -0.2) is 46.3 Å². The third-order valence-corrected chi connectivity index (χ3v) is 1.81. The molecule has 0 aromatic heterocycles. The molecule has 8 nitrogen and oxygen atoms in total. The first-order valence-electron chi connectivity index (χ1n) is 4.31. The Morgan fingerprint density at radius 1 is 0.929 bits per heavy atom. The lowest BCUT2D eigenvalue weighted by atomic mass is 10.5. The molecule has 0 aliphatic carbocycles. The SMILES string of the molecule is CCN(CCN(CC)[N+](=O)[O-])[N+](=O)[O-]. The van der Waals surface area contributed by atoms with Crippen LogP contribution in [0.15, 0.2) is 0 Å². The van der Waals surface area contributed by atoms with E-state index in [4.69, 9.17) is 0 Å². The molecule has 0 bridgehead atoms. The molecular weight excluding hydrogens is 192 g/mol.